The Bertz CT molecular complexity index is 1850. The lowest BCUT2D eigenvalue weighted by atomic mass is 10.1. The molecule has 4 aromatic heterocycles. The predicted molar refractivity (Wildman–Crippen MR) is 208 cm³/mol. The molecule has 50 heavy (non-hydrogen) atoms. The fraction of sp³-hybridized carbons (Fsp3) is 0.417. The van der Waals surface area contributed by atoms with Gasteiger partial charge in [0, 0.05) is 70.9 Å². The van der Waals surface area contributed by atoms with Crippen LogP contribution in [0.3, 0.4) is 0 Å². The molecule has 11 nitrogen and oxygen atoms in total. The average Bonchev–Trinajstić information content (AvgIpc) is 3.71. The van der Waals surface area contributed by atoms with Crippen molar-refractivity contribution in [2.24, 2.45) is 0 Å². The van der Waals surface area contributed by atoms with Gasteiger partial charge in [-0.15, -0.1) is 0 Å². The van der Waals surface area contributed by atoms with Gasteiger partial charge in [0.05, 0.1) is 34.8 Å². The Morgan fingerprint density at radius 2 is 1.50 bits per heavy atom. The van der Waals surface area contributed by atoms with E-state index in [0.717, 1.165) is 50.3 Å². The van der Waals surface area contributed by atoms with Gasteiger partial charge in [-0.05, 0) is 34.1 Å². The highest BCUT2D eigenvalue weighted by atomic mass is 79.9. The van der Waals surface area contributed by atoms with Gasteiger partial charge in [0.15, 0.2) is 11.5 Å². The van der Waals surface area contributed by atoms with Crippen LogP contribution in [-0.2, 0) is 25.5 Å². The molecule has 0 N–H and O–H groups in total. The van der Waals surface area contributed by atoms with Crippen molar-refractivity contribution in [2.75, 3.05) is 38.2 Å². The molecule has 0 radical (unpaired) electrons. The summed E-state index contributed by atoms with van der Waals surface area (Å²) in [5.41, 5.74) is 5.83. The van der Waals surface area contributed by atoms with E-state index in [1.165, 1.54) is 6.92 Å². The quantitative estimate of drug-likeness (QED) is 0.0401. The van der Waals surface area contributed by atoms with Crippen LogP contribution in [0.15, 0.2) is 71.7 Å². The van der Waals surface area contributed by atoms with Crippen LogP contribution in [0.5, 0.6) is 0 Å². The second-order valence-electron chi connectivity index (χ2n) is 14.8. The van der Waals surface area contributed by atoms with Crippen LogP contribution in [0, 0.1) is 0 Å². The molecule has 14 heteroatoms. The zero-order chi connectivity index (χ0) is 35.9. The lowest BCUT2D eigenvalue weighted by Gasteiger charge is -2.27. The fourth-order valence-corrected chi connectivity index (χ4v) is 7.37. The molecule has 4 heterocycles. The average molecular weight is 779 g/mol. The number of esters is 1. The van der Waals surface area contributed by atoms with Gasteiger partial charge in [0.25, 0.3) is 0 Å². The summed E-state index contributed by atoms with van der Waals surface area (Å²) in [6, 6.07) is 16.3. The summed E-state index contributed by atoms with van der Waals surface area (Å²) in [5.74, 6) is 0.439. The molecule has 0 saturated heterocycles. The van der Waals surface area contributed by atoms with Crippen molar-refractivity contribution in [1.29, 1.82) is 0 Å². The minimum atomic E-state index is -1.29. The third-order valence-corrected chi connectivity index (χ3v) is 12.2. The van der Waals surface area contributed by atoms with Gasteiger partial charge in [-0.2, -0.15) is 14.7 Å². The number of aromatic nitrogens is 6. The number of nitrogens with zero attached hydrogens (tertiary/aromatic N) is 7. The molecule has 0 spiro atoms. The van der Waals surface area contributed by atoms with Crippen LogP contribution in [0.2, 0.25) is 51.4 Å². The number of benzene rings is 1. The van der Waals surface area contributed by atoms with E-state index in [1.807, 2.05) is 59.5 Å². The maximum absolute atomic E-state index is 11.3. The highest BCUT2D eigenvalue weighted by molar-refractivity contribution is 9.10. The van der Waals surface area contributed by atoms with Gasteiger partial charge < -0.3 is 19.1 Å². The standard InChI is InChI=1S/C36H48BrN7O4Si2/c1-27(45)48-16-15-43-24-30(22-39-43)34-33(37)36(42(25-46-17-19-49(2,3)4)26-47-18-20-50(5,6)7)44-35(41-34)31(23-40-44)29-13-14-32(38-21-29)28-11-9-8-10-12-28/h8-14,21-24H,15-20,25-26H2,1-7H3. The maximum atomic E-state index is 11.3. The number of hydrogen-bond acceptors (Lipinski definition) is 9. The van der Waals surface area contributed by atoms with E-state index in [9.17, 15) is 4.79 Å². The molecule has 1 aromatic carbocycles. The topological polar surface area (TPSA) is 109 Å². The first-order valence-electron chi connectivity index (χ1n) is 16.9. The number of anilines is 1. The van der Waals surface area contributed by atoms with Gasteiger partial charge in [-0.1, -0.05) is 75.7 Å². The Labute approximate surface area is 305 Å². The molecule has 0 fully saturated rings. The summed E-state index contributed by atoms with van der Waals surface area (Å²) in [6.45, 7) is 18.1. The molecule has 0 saturated carbocycles. The Morgan fingerprint density at radius 3 is 2.10 bits per heavy atom. The molecular weight excluding hydrogens is 731 g/mol. The molecule has 0 amide bonds. The van der Waals surface area contributed by atoms with Crippen molar-refractivity contribution in [3.63, 3.8) is 0 Å². The number of fused-ring (bicyclic) bond motifs is 1. The summed E-state index contributed by atoms with van der Waals surface area (Å²) in [4.78, 5) is 23.4. The van der Waals surface area contributed by atoms with E-state index in [2.05, 4.69) is 71.3 Å². The summed E-state index contributed by atoms with van der Waals surface area (Å²) >= 11 is 3.92. The van der Waals surface area contributed by atoms with Crippen LogP contribution >= 0.6 is 15.9 Å². The Kier molecular flexibility index (Phi) is 12.4. The highest BCUT2D eigenvalue weighted by Crippen LogP contribution is 2.38. The van der Waals surface area contributed by atoms with E-state index < -0.39 is 16.1 Å². The van der Waals surface area contributed by atoms with Crippen LogP contribution in [0.4, 0.5) is 5.82 Å². The van der Waals surface area contributed by atoms with E-state index in [1.54, 1.807) is 10.9 Å². The SMILES string of the molecule is CC(=O)OCCn1cc(-c2nc3c(-c4ccc(-c5ccccc5)nc4)cnn3c(N(COCC[Si](C)(C)C)COCC[Si](C)(C)C)c2Br)cn1. The first-order valence-corrected chi connectivity index (χ1v) is 25.2. The monoisotopic (exact) mass is 777 g/mol. The fourth-order valence-electron chi connectivity index (χ4n) is 5.12. The number of pyridine rings is 1. The number of hydrogen-bond donors (Lipinski definition) is 0. The highest BCUT2D eigenvalue weighted by Gasteiger charge is 2.25. The smallest absolute Gasteiger partial charge is 0.302 e. The molecule has 5 aromatic rings. The van der Waals surface area contributed by atoms with E-state index >= 15 is 0 Å². The minimum absolute atomic E-state index is 0.228. The van der Waals surface area contributed by atoms with Gasteiger partial charge in [0.1, 0.15) is 20.1 Å². The van der Waals surface area contributed by atoms with Gasteiger partial charge in [-0.25, -0.2) is 4.98 Å². The third kappa shape index (κ3) is 10.2. The van der Waals surface area contributed by atoms with Crippen molar-refractivity contribution in [1.82, 2.24) is 29.4 Å². The van der Waals surface area contributed by atoms with E-state index in [-0.39, 0.29) is 12.6 Å². The zero-order valence-electron chi connectivity index (χ0n) is 30.1. The summed E-state index contributed by atoms with van der Waals surface area (Å²) < 4.78 is 22.1. The second kappa shape index (κ2) is 16.5. The predicted octanol–water partition coefficient (Wildman–Crippen LogP) is 8.08. The number of carbonyl (C=O) groups excluding carboxylic acids is 1. The lowest BCUT2D eigenvalue weighted by Crippen LogP contribution is -2.33. The molecule has 0 unspecified atom stereocenters. The van der Waals surface area contributed by atoms with Crippen molar-refractivity contribution in [3.05, 3.63) is 71.7 Å². The molecule has 0 aliphatic carbocycles. The Morgan fingerprint density at radius 1 is 0.820 bits per heavy atom. The van der Waals surface area contributed by atoms with E-state index in [4.69, 9.17) is 29.3 Å². The molecular formula is C36H48BrN7O4Si2. The van der Waals surface area contributed by atoms with Gasteiger partial charge in [-0.3, -0.25) is 14.5 Å². The second-order valence-corrected chi connectivity index (χ2v) is 26.8. The molecule has 5 rings (SSSR count). The summed E-state index contributed by atoms with van der Waals surface area (Å²) in [7, 11) is -2.58. The maximum Gasteiger partial charge on any atom is 0.302 e. The first-order chi connectivity index (χ1) is 23.8. The Balaban J connectivity index is 1.57. The molecule has 0 bridgehead atoms. The van der Waals surface area contributed by atoms with Crippen LogP contribution in [0.1, 0.15) is 6.92 Å². The first kappa shape index (κ1) is 37.6. The molecule has 0 aliphatic heterocycles. The third-order valence-electron chi connectivity index (χ3n) is 8.03. The van der Waals surface area contributed by atoms with Crippen molar-refractivity contribution < 1.29 is 19.0 Å². The van der Waals surface area contributed by atoms with E-state index in [0.29, 0.717) is 44.6 Å². The number of rotatable bonds is 17. The molecule has 0 atom stereocenters. The van der Waals surface area contributed by atoms with Crippen molar-refractivity contribution >= 4 is 49.5 Å². The molecule has 0 aliphatic rings. The summed E-state index contributed by atoms with van der Waals surface area (Å²) in [5, 5.41) is 9.41. The number of halogens is 1. The van der Waals surface area contributed by atoms with Crippen molar-refractivity contribution in [2.45, 2.75) is 64.8 Å². The Hall–Kier alpha value is -3.70. The van der Waals surface area contributed by atoms with Crippen LogP contribution in [-0.4, -0.2) is 84.8 Å². The van der Waals surface area contributed by atoms with Crippen LogP contribution in [0.25, 0.3) is 39.3 Å². The number of carbonyl (C=O) groups is 1. The van der Waals surface area contributed by atoms with Crippen LogP contribution < -0.4 is 4.90 Å². The zero-order valence-corrected chi connectivity index (χ0v) is 33.7. The normalized spacial score (nSPS) is 12.1. The minimum Gasteiger partial charge on any atom is -0.464 e. The number of ether oxygens (including phenoxy) is 3. The largest absolute Gasteiger partial charge is 0.464 e. The van der Waals surface area contributed by atoms with Gasteiger partial charge in [0.2, 0.25) is 0 Å². The summed E-state index contributed by atoms with van der Waals surface area (Å²) in [6.07, 6.45) is 7.38. The lowest BCUT2D eigenvalue weighted by molar-refractivity contribution is -0.141. The molecule has 266 valence electrons. The van der Waals surface area contributed by atoms with Crippen molar-refractivity contribution in [3.8, 4) is 33.6 Å². The van der Waals surface area contributed by atoms with Gasteiger partial charge >= 0.3 is 5.97 Å².